The molecule has 0 spiro atoms. The maximum absolute atomic E-state index is 12.0. The lowest BCUT2D eigenvalue weighted by Gasteiger charge is -2.19. The summed E-state index contributed by atoms with van der Waals surface area (Å²) in [6.07, 6.45) is 1.27. The Morgan fingerprint density at radius 1 is 1.14 bits per heavy atom. The van der Waals surface area contributed by atoms with Crippen molar-refractivity contribution in [2.45, 2.75) is 64.9 Å². The number of benzene rings is 1. The van der Waals surface area contributed by atoms with Crippen LogP contribution in [-0.2, 0) is 32.3 Å². The fourth-order valence-electron chi connectivity index (χ4n) is 2.23. The van der Waals surface area contributed by atoms with Crippen molar-refractivity contribution in [2.24, 2.45) is 5.73 Å². The first kappa shape index (κ1) is 24.2. The Morgan fingerprint density at radius 2 is 1.72 bits per heavy atom. The molecule has 10 nitrogen and oxygen atoms in total. The molecule has 3 N–H and O–H groups in total. The number of nitrogens with zero attached hydrogens (tertiary/aromatic N) is 1. The number of carbonyl (C=O) groups is 2. The minimum atomic E-state index is -0.856. The summed E-state index contributed by atoms with van der Waals surface area (Å²) < 4.78 is 10.3. The van der Waals surface area contributed by atoms with E-state index in [0.717, 1.165) is 5.56 Å². The zero-order chi connectivity index (χ0) is 21.9. The molecule has 0 aliphatic rings. The quantitative estimate of drug-likeness (QED) is 0.245. The van der Waals surface area contributed by atoms with E-state index in [1.54, 1.807) is 45.0 Å². The van der Waals surface area contributed by atoms with Crippen molar-refractivity contribution in [2.75, 3.05) is 6.54 Å². The zero-order valence-corrected chi connectivity index (χ0v) is 17.0. The fourth-order valence-corrected chi connectivity index (χ4v) is 2.23. The molecule has 0 heterocycles. The van der Waals surface area contributed by atoms with E-state index in [1.165, 1.54) is 0 Å². The van der Waals surface area contributed by atoms with Gasteiger partial charge in [-0.1, -0.05) is 24.3 Å². The van der Waals surface area contributed by atoms with E-state index in [0.29, 0.717) is 31.4 Å². The molecule has 0 radical (unpaired) electrons. The van der Waals surface area contributed by atoms with Gasteiger partial charge in [0.2, 0.25) is 0 Å². The first-order valence-corrected chi connectivity index (χ1v) is 9.31. The highest BCUT2D eigenvalue weighted by atomic mass is 16.9. The molecule has 1 aromatic carbocycles. The number of nitrogens with two attached hydrogens (primary N) is 1. The summed E-state index contributed by atoms with van der Waals surface area (Å²) >= 11 is 0. The van der Waals surface area contributed by atoms with E-state index in [9.17, 15) is 19.7 Å². The molecule has 162 valence electrons. The van der Waals surface area contributed by atoms with Crippen LogP contribution >= 0.6 is 0 Å². The molecule has 0 saturated heterocycles. The summed E-state index contributed by atoms with van der Waals surface area (Å²) in [7, 11) is 0. The smallest absolute Gasteiger partial charge is 0.407 e. The lowest BCUT2D eigenvalue weighted by Crippen LogP contribution is -2.34. The highest BCUT2D eigenvalue weighted by Crippen LogP contribution is 2.09. The number of nitrogens with one attached hydrogen (secondary N) is 1. The number of amides is 1. The second-order valence-electron chi connectivity index (χ2n) is 7.45. The number of ether oxygens (including phenoxy) is 2. The Kier molecular flexibility index (Phi) is 9.87. The van der Waals surface area contributed by atoms with E-state index in [2.05, 4.69) is 10.2 Å². The Morgan fingerprint density at radius 3 is 2.28 bits per heavy atom. The molecule has 1 aromatic rings. The molecule has 0 bridgehead atoms. The van der Waals surface area contributed by atoms with Gasteiger partial charge >= 0.3 is 12.1 Å². The van der Waals surface area contributed by atoms with Crippen molar-refractivity contribution >= 4 is 12.1 Å². The minimum Gasteiger partial charge on any atom is -0.460 e. The summed E-state index contributed by atoms with van der Waals surface area (Å²) in [4.78, 5) is 37.9. The molecule has 0 fully saturated rings. The summed E-state index contributed by atoms with van der Waals surface area (Å²) in [5.74, 6) is -0.508. The summed E-state index contributed by atoms with van der Waals surface area (Å²) in [6, 6.07) is 5.96. The van der Waals surface area contributed by atoms with Gasteiger partial charge in [-0.25, -0.2) is 4.79 Å². The van der Waals surface area contributed by atoms with Gasteiger partial charge in [-0.15, -0.1) is 10.1 Å². The van der Waals surface area contributed by atoms with Crippen molar-refractivity contribution < 1.29 is 29.0 Å². The van der Waals surface area contributed by atoms with Crippen LogP contribution in [0.15, 0.2) is 24.3 Å². The van der Waals surface area contributed by atoms with E-state index < -0.39 is 28.8 Å². The van der Waals surface area contributed by atoms with Gasteiger partial charge in [0.1, 0.15) is 24.9 Å². The highest BCUT2D eigenvalue weighted by molar-refractivity contribution is 5.75. The molecule has 10 heteroatoms. The molecular weight excluding hydrogens is 382 g/mol. The average molecular weight is 411 g/mol. The Labute approximate surface area is 169 Å². The van der Waals surface area contributed by atoms with Crippen LogP contribution in [0.4, 0.5) is 4.79 Å². The molecule has 0 aliphatic carbocycles. The van der Waals surface area contributed by atoms with Crippen molar-refractivity contribution in [3.8, 4) is 0 Å². The van der Waals surface area contributed by atoms with Crippen LogP contribution in [0.1, 0.15) is 51.2 Å². The molecule has 1 unspecified atom stereocenters. The predicted molar refractivity (Wildman–Crippen MR) is 104 cm³/mol. The molecule has 1 amide bonds. The monoisotopic (exact) mass is 411 g/mol. The number of alkyl carbamates (subject to hydrolysis) is 1. The minimum absolute atomic E-state index is 0.0586. The van der Waals surface area contributed by atoms with Crippen molar-refractivity contribution in [3.63, 3.8) is 0 Å². The predicted octanol–water partition coefficient (Wildman–Crippen LogP) is 2.46. The van der Waals surface area contributed by atoms with Gasteiger partial charge < -0.3 is 25.4 Å². The largest absolute Gasteiger partial charge is 0.460 e. The summed E-state index contributed by atoms with van der Waals surface area (Å²) in [5, 5.41) is 11.9. The molecular formula is C19H29N3O7. The van der Waals surface area contributed by atoms with E-state index in [-0.39, 0.29) is 13.2 Å². The van der Waals surface area contributed by atoms with Crippen molar-refractivity contribution in [1.29, 1.82) is 0 Å². The first-order chi connectivity index (χ1) is 13.6. The Hall–Kier alpha value is -2.88. The topological polar surface area (TPSA) is 143 Å². The van der Waals surface area contributed by atoms with Crippen LogP contribution in [0.25, 0.3) is 0 Å². The Bertz CT molecular complexity index is 671. The fraction of sp³-hybridized carbons (Fsp3) is 0.579. The zero-order valence-electron chi connectivity index (χ0n) is 17.0. The van der Waals surface area contributed by atoms with Crippen LogP contribution in [0.3, 0.4) is 0 Å². The molecule has 0 aliphatic heterocycles. The second-order valence-corrected chi connectivity index (χ2v) is 7.45. The van der Waals surface area contributed by atoms with Crippen LogP contribution in [-0.4, -0.2) is 35.3 Å². The van der Waals surface area contributed by atoms with Gasteiger partial charge in [0, 0.05) is 6.54 Å². The lowest BCUT2D eigenvalue weighted by atomic mass is 10.1. The summed E-state index contributed by atoms with van der Waals surface area (Å²) in [6.45, 7) is 5.72. The maximum atomic E-state index is 12.0. The standard InChI is InChI=1S/C19H29N3O7/c1-19(2,3)29-18(24)21-11-5-4-6-16(20)17(23)27-12-14-7-9-15(10-8-14)13-28-22(25)26/h7-10,16H,4-6,11-13,20H2,1-3H3,(H,21,24). The molecule has 0 saturated carbocycles. The van der Waals surface area contributed by atoms with Gasteiger partial charge in [0.05, 0.1) is 0 Å². The Balaban J connectivity index is 2.21. The molecule has 0 aromatic heterocycles. The van der Waals surface area contributed by atoms with Gasteiger partial charge in [0.25, 0.3) is 5.09 Å². The average Bonchev–Trinajstić information content (AvgIpc) is 2.63. The first-order valence-electron chi connectivity index (χ1n) is 9.31. The lowest BCUT2D eigenvalue weighted by molar-refractivity contribution is -0.763. The molecule has 29 heavy (non-hydrogen) atoms. The summed E-state index contributed by atoms with van der Waals surface area (Å²) in [5.41, 5.74) is 6.66. The molecule has 1 rings (SSSR count). The van der Waals surface area contributed by atoms with Crippen LogP contribution < -0.4 is 11.1 Å². The number of carbonyl (C=O) groups excluding carboxylic acids is 2. The van der Waals surface area contributed by atoms with Crippen molar-refractivity contribution in [1.82, 2.24) is 5.32 Å². The number of rotatable bonds is 11. The third-order valence-electron chi connectivity index (χ3n) is 3.65. The number of hydrogen-bond donors (Lipinski definition) is 2. The SMILES string of the molecule is CC(C)(C)OC(=O)NCCCCC(N)C(=O)OCc1ccc(CO[N+](=O)[O-])cc1. The van der Waals surface area contributed by atoms with Gasteiger partial charge in [-0.3, -0.25) is 4.79 Å². The van der Waals surface area contributed by atoms with Gasteiger partial charge in [0.15, 0.2) is 0 Å². The van der Waals surface area contributed by atoms with E-state index in [1.807, 2.05) is 0 Å². The molecule has 1 atom stereocenters. The van der Waals surface area contributed by atoms with E-state index in [4.69, 9.17) is 15.2 Å². The third kappa shape index (κ3) is 11.5. The van der Waals surface area contributed by atoms with E-state index >= 15 is 0 Å². The van der Waals surface area contributed by atoms with Gasteiger partial charge in [-0.05, 0) is 51.2 Å². The van der Waals surface area contributed by atoms with Gasteiger partial charge in [-0.2, -0.15) is 0 Å². The highest BCUT2D eigenvalue weighted by Gasteiger charge is 2.16. The third-order valence-corrected chi connectivity index (χ3v) is 3.65. The second kappa shape index (κ2) is 11.8. The normalized spacial score (nSPS) is 12.0. The van der Waals surface area contributed by atoms with Crippen molar-refractivity contribution in [3.05, 3.63) is 45.5 Å². The number of hydrogen-bond acceptors (Lipinski definition) is 8. The maximum Gasteiger partial charge on any atom is 0.407 e. The number of unbranched alkanes of at least 4 members (excludes halogenated alkanes) is 1. The van der Waals surface area contributed by atoms with Crippen LogP contribution in [0.2, 0.25) is 0 Å². The van der Waals surface area contributed by atoms with Crippen LogP contribution in [0, 0.1) is 10.1 Å². The van der Waals surface area contributed by atoms with Crippen LogP contribution in [0.5, 0.6) is 0 Å². The number of esters is 1.